The summed E-state index contributed by atoms with van der Waals surface area (Å²) in [6.07, 6.45) is 0.205. The highest BCUT2D eigenvalue weighted by molar-refractivity contribution is 6.31. The molecule has 0 aliphatic rings. The lowest BCUT2D eigenvalue weighted by Gasteiger charge is -2.25. The van der Waals surface area contributed by atoms with Gasteiger partial charge < -0.3 is 10.2 Å². The molecule has 0 radical (unpaired) electrons. The van der Waals surface area contributed by atoms with Gasteiger partial charge in [-0.05, 0) is 39.3 Å². The molecule has 116 valence electrons. The van der Waals surface area contributed by atoms with Crippen LogP contribution < -0.4 is 5.32 Å². The van der Waals surface area contributed by atoms with E-state index in [-0.39, 0.29) is 30.3 Å². The average molecular weight is 311 g/mol. The Hall–Kier alpha value is -1.55. The summed E-state index contributed by atoms with van der Waals surface area (Å²) in [6.45, 7) is 8.14. The minimum absolute atomic E-state index is 0.0665. The summed E-state index contributed by atoms with van der Waals surface area (Å²) < 4.78 is 0. The van der Waals surface area contributed by atoms with Crippen molar-refractivity contribution in [2.45, 2.75) is 39.7 Å². The lowest BCUT2D eigenvalue weighted by atomic mass is 10.1. The van der Waals surface area contributed by atoms with E-state index in [4.69, 9.17) is 11.6 Å². The third kappa shape index (κ3) is 6.17. The van der Waals surface area contributed by atoms with Gasteiger partial charge in [-0.25, -0.2) is 0 Å². The number of nitrogens with zero attached hydrogens (tertiary/aromatic N) is 1. The summed E-state index contributed by atoms with van der Waals surface area (Å²) in [4.78, 5) is 25.7. The molecular formula is C16H23ClN2O2. The molecule has 0 bridgehead atoms. The van der Waals surface area contributed by atoms with Crippen LogP contribution in [0.15, 0.2) is 24.3 Å². The minimum Gasteiger partial charge on any atom is -0.350 e. The smallest absolute Gasteiger partial charge is 0.240 e. The van der Waals surface area contributed by atoms with Crippen LogP contribution in [0.3, 0.4) is 0 Å². The molecule has 0 aromatic heterocycles. The summed E-state index contributed by atoms with van der Waals surface area (Å²) in [5.41, 5.74) is 0.473. The first-order valence-corrected chi connectivity index (χ1v) is 7.43. The van der Waals surface area contributed by atoms with Crippen molar-refractivity contribution in [2.24, 2.45) is 0 Å². The molecule has 21 heavy (non-hydrogen) atoms. The van der Waals surface area contributed by atoms with Crippen molar-refractivity contribution in [1.29, 1.82) is 0 Å². The number of hydrogen-bond donors (Lipinski definition) is 1. The van der Waals surface area contributed by atoms with Crippen LogP contribution in [0.5, 0.6) is 0 Å². The van der Waals surface area contributed by atoms with Gasteiger partial charge in [0.2, 0.25) is 11.8 Å². The third-order valence-corrected chi connectivity index (χ3v) is 3.25. The molecule has 2 amide bonds. The van der Waals surface area contributed by atoms with Gasteiger partial charge in [0.05, 0.1) is 13.0 Å². The van der Waals surface area contributed by atoms with E-state index >= 15 is 0 Å². The molecule has 0 aliphatic heterocycles. The predicted molar refractivity (Wildman–Crippen MR) is 85.3 cm³/mol. The van der Waals surface area contributed by atoms with Crippen LogP contribution in [0.25, 0.3) is 0 Å². The van der Waals surface area contributed by atoms with E-state index in [2.05, 4.69) is 5.32 Å². The quantitative estimate of drug-likeness (QED) is 0.909. The first-order chi connectivity index (χ1) is 9.73. The Labute approximate surface area is 131 Å². The highest BCUT2D eigenvalue weighted by Crippen LogP contribution is 2.16. The Morgan fingerprint density at radius 3 is 2.38 bits per heavy atom. The van der Waals surface area contributed by atoms with E-state index in [1.165, 1.54) is 4.90 Å². The van der Waals surface area contributed by atoms with Crippen LogP contribution in [0, 0.1) is 0 Å². The van der Waals surface area contributed by atoms with Gasteiger partial charge in [-0.3, -0.25) is 9.59 Å². The zero-order valence-corrected chi connectivity index (χ0v) is 13.8. The van der Waals surface area contributed by atoms with Crippen molar-refractivity contribution in [3.63, 3.8) is 0 Å². The molecule has 1 rings (SSSR count). The highest BCUT2D eigenvalue weighted by atomic mass is 35.5. The third-order valence-electron chi connectivity index (χ3n) is 2.88. The Balaban J connectivity index is 2.66. The fourth-order valence-corrected chi connectivity index (χ4v) is 2.13. The Bertz CT molecular complexity index is 509. The molecule has 0 aliphatic carbocycles. The van der Waals surface area contributed by atoms with Crippen molar-refractivity contribution in [3.05, 3.63) is 34.9 Å². The van der Waals surface area contributed by atoms with E-state index in [0.717, 1.165) is 5.56 Å². The van der Waals surface area contributed by atoms with Crippen LogP contribution in [0.4, 0.5) is 0 Å². The lowest BCUT2D eigenvalue weighted by Crippen LogP contribution is -2.47. The van der Waals surface area contributed by atoms with Crippen molar-refractivity contribution in [2.75, 3.05) is 13.1 Å². The Morgan fingerprint density at radius 2 is 1.86 bits per heavy atom. The number of amides is 2. The topological polar surface area (TPSA) is 49.4 Å². The first kappa shape index (κ1) is 17.5. The second-order valence-electron chi connectivity index (χ2n) is 5.97. The molecule has 0 atom stereocenters. The van der Waals surface area contributed by atoms with Crippen molar-refractivity contribution in [1.82, 2.24) is 10.2 Å². The highest BCUT2D eigenvalue weighted by Gasteiger charge is 2.19. The Morgan fingerprint density at radius 1 is 1.24 bits per heavy atom. The normalized spacial score (nSPS) is 11.1. The number of carbonyl (C=O) groups is 2. The summed E-state index contributed by atoms with van der Waals surface area (Å²) in [5, 5.41) is 3.43. The average Bonchev–Trinajstić information content (AvgIpc) is 2.36. The maximum atomic E-state index is 12.3. The summed E-state index contributed by atoms with van der Waals surface area (Å²) >= 11 is 6.06. The predicted octanol–water partition coefficient (Wildman–Crippen LogP) is 2.65. The summed E-state index contributed by atoms with van der Waals surface area (Å²) in [6, 6.07) is 7.25. The van der Waals surface area contributed by atoms with Gasteiger partial charge in [0, 0.05) is 17.1 Å². The minimum atomic E-state index is -0.303. The van der Waals surface area contributed by atoms with Crippen LogP contribution in [0.1, 0.15) is 33.3 Å². The monoisotopic (exact) mass is 310 g/mol. The number of rotatable bonds is 5. The zero-order valence-electron chi connectivity index (χ0n) is 13.1. The van der Waals surface area contributed by atoms with Crippen molar-refractivity contribution in [3.8, 4) is 0 Å². The molecule has 0 unspecified atom stereocenters. The standard InChI is InChI=1S/C16H23ClN2O2/c1-5-19(11-14(20)18-16(2,3)4)15(21)10-12-8-6-7-9-13(12)17/h6-9H,5,10-11H2,1-4H3,(H,18,20). The van der Waals surface area contributed by atoms with Crippen LogP contribution in [-0.2, 0) is 16.0 Å². The largest absolute Gasteiger partial charge is 0.350 e. The van der Waals surface area contributed by atoms with Gasteiger partial charge in [0.15, 0.2) is 0 Å². The van der Waals surface area contributed by atoms with Crippen LogP contribution in [0.2, 0.25) is 5.02 Å². The first-order valence-electron chi connectivity index (χ1n) is 7.05. The van der Waals surface area contributed by atoms with Crippen molar-refractivity contribution >= 4 is 23.4 Å². The van der Waals surface area contributed by atoms with Gasteiger partial charge in [0.1, 0.15) is 0 Å². The molecule has 0 fully saturated rings. The van der Waals surface area contributed by atoms with Crippen LogP contribution >= 0.6 is 11.6 Å². The molecule has 0 saturated carbocycles. The van der Waals surface area contributed by atoms with E-state index < -0.39 is 0 Å². The number of likely N-dealkylation sites (N-methyl/N-ethyl adjacent to an activating group) is 1. The van der Waals surface area contributed by atoms with E-state index in [1.54, 1.807) is 6.07 Å². The Kier molecular flexibility index (Phi) is 6.21. The molecule has 0 heterocycles. The fourth-order valence-electron chi connectivity index (χ4n) is 1.92. The lowest BCUT2D eigenvalue weighted by molar-refractivity contribution is -0.135. The molecule has 0 spiro atoms. The van der Waals surface area contributed by atoms with Gasteiger partial charge in [-0.2, -0.15) is 0 Å². The van der Waals surface area contributed by atoms with Crippen LogP contribution in [-0.4, -0.2) is 35.3 Å². The summed E-state index contributed by atoms with van der Waals surface area (Å²) in [5.74, 6) is -0.258. The number of hydrogen-bond acceptors (Lipinski definition) is 2. The fraction of sp³-hybridized carbons (Fsp3) is 0.500. The number of halogens is 1. The molecule has 4 nitrogen and oxygen atoms in total. The maximum absolute atomic E-state index is 12.3. The molecule has 5 heteroatoms. The number of benzene rings is 1. The number of carbonyl (C=O) groups excluding carboxylic acids is 2. The van der Waals surface area contributed by atoms with Crippen molar-refractivity contribution < 1.29 is 9.59 Å². The molecule has 1 aromatic carbocycles. The molecule has 1 N–H and O–H groups in total. The van der Waals surface area contributed by atoms with Gasteiger partial charge in [-0.1, -0.05) is 29.8 Å². The molecular weight excluding hydrogens is 288 g/mol. The van der Waals surface area contributed by atoms with Gasteiger partial charge in [-0.15, -0.1) is 0 Å². The second-order valence-corrected chi connectivity index (χ2v) is 6.38. The molecule has 1 aromatic rings. The van der Waals surface area contributed by atoms with Gasteiger partial charge in [0.25, 0.3) is 0 Å². The van der Waals surface area contributed by atoms with E-state index in [1.807, 2.05) is 45.9 Å². The van der Waals surface area contributed by atoms with Gasteiger partial charge >= 0.3 is 0 Å². The maximum Gasteiger partial charge on any atom is 0.240 e. The van der Waals surface area contributed by atoms with E-state index in [0.29, 0.717) is 11.6 Å². The molecule has 0 saturated heterocycles. The zero-order chi connectivity index (χ0) is 16.0. The summed E-state index contributed by atoms with van der Waals surface area (Å²) in [7, 11) is 0. The SMILES string of the molecule is CCN(CC(=O)NC(C)(C)C)C(=O)Cc1ccccc1Cl. The second kappa shape index (κ2) is 7.46. The number of nitrogens with one attached hydrogen (secondary N) is 1. The van der Waals surface area contributed by atoms with E-state index in [9.17, 15) is 9.59 Å².